The van der Waals surface area contributed by atoms with Gasteiger partial charge in [-0.2, -0.15) is 0 Å². The quantitative estimate of drug-likeness (QED) is 0.788. The maximum Gasteiger partial charge on any atom is 0.290 e. The number of aryl methyl sites for hydroxylation is 1. The van der Waals surface area contributed by atoms with Gasteiger partial charge in [0, 0.05) is 13.0 Å². The Labute approximate surface area is 149 Å². The summed E-state index contributed by atoms with van der Waals surface area (Å²) >= 11 is 0. The summed E-state index contributed by atoms with van der Waals surface area (Å²) in [6.45, 7) is 5.17. The third-order valence-electron chi connectivity index (χ3n) is 4.63. The topological polar surface area (TPSA) is 60.9 Å². The van der Waals surface area contributed by atoms with Gasteiger partial charge in [-0.05, 0) is 44.6 Å². The van der Waals surface area contributed by atoms with Crippen molar-refractivity contribution in [1.82, 2.24) is 9.80 Å². The number of amides is 1. The van der Waals surface area contributed by atoms with E-state index in [2.05, 4.69) is 11.8 Å². The average Bonchev–Trinajstić information content (AvgIpc) is 2.86. The summed E-state index contributed by atoms with van der Waals surface area (Å²) in [6, 6.07) is 7.45. The summed E-state index contributed by atoms with van der Waals surface area (Å²) in [5.74, 6) is -1.01. The highest BCUT2D eigenvalue weighted by atomic mass is 16.3. The minimum Gasteiger partial charge on any atom is -0.503 e. The molecule has 0 radical (unpaired) electrons. The van der Waals surface area contributed by atoms with Gasteiger partial charge in [-0.15, -0.1) is 0 Å². The SMILES string of the molecule is CCC(=O)C1=C(O)C(=O)N(CCCN(C)C)C1c1ccc(CC)cc1. The van der Waals surface area contributed by atoms with E-state index < -0.39 is 11.9 Å². The molecule has 1 N–H and O–H groups in total. The van der Waals surface area contributed by atoms with Crippen LogP contribution in [0.1, 0.15) is 43.9 Å². The Morgan fingerprint density at radius 2 is 1.84 bits per heavy atom. The van der Waals surface area contributed by atoms with Crippen LogP contribution >= 0.6 is 0 Å². The number of benzene rings is 1. The summed E-state index contributed by atoms with van der Waals surface area (Å²) in [6.07, 6.45) is 1.98. The van der Waals surface area contributed by atoms with Crippen LogP contribution in [-0.2, 0) is 16.0 Å². The standard InChI is InChI=1S/C20H28N2O3/c1-5-14-8-10-15(11-9-14)18-17(16(23)6-2)19(24)20(25)22(18)13-7-12-21(3)4/h8-11,18,24H,5-7,12-13H2,1-4H3. The predicted molar refractivity (Wildman–Crippen MR) is 98.4 cm³/mol. The molecule has 0 saturated carbocycles. The van der Waals surface area contributed by atoms with Gasteiger partial charge in [0.05, 0.1) is 11.6 Å². The van der Waals surface area contributed by atoms with Gasteiger partial charge in [0.25, 0.3) is 5.91 Å². The Balaban J connectivity index is 2.37. The molecule has 0 aliphatic carbocycles. The molecule has 1 aromatic carbocycles. The molecule has 2 rings (SSSR count). The number of hydrogen-bond acceptors (Lipinski definition) is 4. The van der Waals surface area contributed by atoms with E-state index in [4.69, 9.17) is 0 Å². The van der Waals surface area contributed by atoms with Crippen LogP contribution in [0.4, 0.5) is 0 Å². The van der Waals surface area contributed by atoms with Gasteiger partial charge in [0.1, 0.15) is 0 Å². The number of Topliss-reactive ketones (excluding diaryl/α,β-unsaturated/α-hetero) is 1. The molecule has 5 nitrogen and oxygen atoms in total. The number of hydrogen-bond donors (Lipinski definition) is 1. The number of aliphatic hydroxyl groups excluding tert-OH is 1. The summed E-state index contributed by atoms with van der Waals surface area (Å²) in [4.78, 5) is 28.7. The van der Waals surface area contributed by atoms with Gasteiger partial charge in [0.2, 0.25) is 0 Å². The zero-order valence-corrected chi connectivity index (χ0v) is 15.6. The summed E-state index contributed by atoms with van der Waals surface area (Å²) in [7, 11) is 3.96. The highest BCUT2D eigenvalue weighted by molar-refractivity contribution is 6.08. The summed E-state index contributed by atoms with van der Waals surface area (Å²) < 4.78 is 0. The van der Waals surface area contributed by atoms with Crippen molar-refractivity contribution in [2.75, 3.05) is 27.2 Å². The van der Waals surface area contributed by atoms with Gasteiger partial charge < -0.3 is 14.9 Å². The molecule has 136 valence electrons. The first-order valence-corrected chi connectivity index (χ1v) is 8.91. The molecule has 1 unspecified atom stereocenters. The van der Waals surface area contributed by atoms with E-state index in [1.165, 1.54) is 5.56 Å². The highest BCUT2D eigenvalue weighted by Crippen LogP contribution is 2.38. The van der Waals surface area contributed by atoms with E-state index in [9.17, 15) is 14.7 Å². The van der Waals surface area contributed by atoms with E-state index in [-0.39, 0.29) is 23.5 Å². The van der Waals surface area contributed by atoms with Crippen molar-refractivity contribution in [2.24, 2.45) is 0 Å². The van der Waals surface area contributed by atoms with Crippen molar-refractivity contribution in [1.29, 1.82) is 0 Å². The fourth-order valence-corrected chi connectivity index (χ4v) is 3.20. The van der Waals surface area contributed by atoms with Crippen molar-refractivity contribution >= 4 is 11.7 Å². The van der Waals surface area contributed by atoms with Crippen molar-refractivity contribution < 1.29 is 14.7 Å². The van der Waals surface area contributed by atoms with Crippen LogP contribution in [0.15, 0.2) is 35.6 Å². The fourth-order valence-electron chi connectivity index (χ4n) is 3.20. The second kappa shape index (κ2) is 8.30. The van der Waals surface area contributed by atoms with Gasteiger partial charge in [-0.3, -0.25) is 9.59 Å². The summed E-state index contributed by atoms with van der Waals surface area (Å²) in [5, 5.41) is 10.3. The molecule has 1 atom stereocenters. The molecule has 5 heteroatoms. The maximum absolute atomic E-state index is 12.6. The molecule has 0 bridgehead atoms. The zero-order valence-electron chi connectivity index (χ0n) is 15.6. The Bertz CT molecular complexity index is 662. The van der Waals surface area contributed by atoms with Crippen LogP contribution < -0.4 is 0 Å². The Morgan fingerprint density at radius 1 is 1.20 bits per heavy atom. The molecule has 1 aliphatic rings. The molecule has 1 aliphatic heterocycles. The lowest BCUT2D eigenvalue weighted by molar-refractivity contribution is -0.129. The van der Waals surface area contributed by atoms with Crippen LogP contribution in [0.5, 0.6) is 0 Å². The van der Waals surface area contributed by atoms with E-state index in [0.29, 0.717) is 6.54 Å². The van der Waals surface area contributed by atoms with E-state index in [1.807, 2.05) is 38.4 Å². The number of carbonyl (C=O) groups is 2. The lowest BCUT2D eigenvalue weighted by Gasteiger charge is -2.27. The van der Waals surface area contributed by atoms with Crippen LogP contribution in [0, 0.1) is 0 Å². The summed E-state index contributed by atoms with van der Waals surface area (Å²) in [5.41, 5.74) is 2.31. The molecule has 0 spiro atoms. The van der Waals surface area contributed by atoms with Crippen LogP contribution in [-0.4, -0.2) is 53.8 Å². The molecule has 25 heavy (non-hydrogen) atoms. The molecule has 0 aromatic heterocycles. The van der Waals surface area contributed by atoms with Gasteiger partial charge in [-0.1, -0.05) is 38.1 Å². The largest absolute Gasteiger partial charge is 0.503 e. The first kappa shape index (κ1) is 19.2. The lowest BCUT2D eigenvalue weighted by Crippen LogP contribution is -2.33. The number of carbonyl (C=O) groups excluding carboxylic acids is 2. The normalized spacial score (nSPS) is 17.7. The molecule has 0 saturated heterocycles. The van der Waals surface area contributed by atoms with Crippen molar-refractivity contribution in [3.05, 3.63) is 46.7 Å². The molecule has 1 aromatic rings. The van der Waals surface area contributed by atoms with E-state index >= 15 is 0 Å². The maximum atomic E-state index is 12.6. The third-order valence-corrected chi connectivity index (χ3v) is 4.63. The van der Waals surface area contributed by atoms with Crippen molar-refractivity contribution in [3.63, 3.8) is 0 Å². The third kappa shape index (κ3) is 4.10. The van der Waals surface area contributed by atoms with Crippen LogP contribution in [0.3, 0.4) is 0 Å². The minimum absolute atomic E-state index is 0.175. The molecule has 0 fully saturated rings. The first-order chi connectivity index (χ1) is 11.9. The van der Waals surface area contributed by atoms with Gasteiger partial charge in [0.15, 0.2) is 11.5 Å². The van der Waals surface area contributed by atoms with Crippen molar-refractivity contribution in [3.8, 4) is 0 Å². The monoisotopic (exact) mass is 344 g/mol. The lowest BCUT2D eigenvalue weighted by atomic mass is 9.94. The Kier molecular flexibility index (Phi) is 6.37. The Hall–Kier alpha value is -2.14. The number of rotatable bonds is 8. The number of aliphatic hydroxyl groups is 1. The van der Waals surface area contributed by atoms with Crippen LogP contribution in [0.2, 0.25) is 0 Å². The molecular formula is C20H28N2O3. The minimum atomic E-state index is -0.493. The Morgan fingerprint density at radius 3 is 2.36 bits per heavy atom. The smallest absolute Gasteiger partial charge is 0.290 e. The second-order valence-corrected chi connectivity index (χ2v) is 6.69. The zero-order chi connectivity index (χ0) is 18.6. The van der Waals surface area contributed by atoms with Gasteiger partial charge in [-0.25, -0.2) is 0 Å². The molecular weight excluding hydrogens is 316 g/mol. The van der Waals surface area contributed by atoms with Crippen LogP contribution in [0.25, 0.3) is 0 Å². The van der Waals surface area contributed by atoms with E-state index in [1.54, 1.807) is 11.8 Å². The van der Waals surface area contributed by atoms with Gasteiger partial charge >= 0.3 is 0 Å². The number of ketones is 1. The molecule has 1 heterocycles. The molecule has 1 amide bonds. The number of nitrogens with zero attached hydrogens (tertiary/aromatic N) is 2. The van der Waals surface area contributed by atoms with E-state index in [0.717, 1.165) is 24.9 Å². The first-order valence-electron chi connectivity index (χ1n) is 8.91. The van der Waals surface area contributed by atoms with Crippen molar-refractivity contribution in [2.45, 2.75) is 39.2 Å². The average molecular weight is 344 g/mol. The fraction of sp³-hybridized carbons (Fsp3) is 0.500. The second-order valence-electron chi connectivity index (χ2n) is 6.69. The highest BCUT2D eigenvalue weighted by Gasteiger charge is 2.42. The predicted octanol–water partition coefficient (Wildman–Crippen LogP) is 2.88.